The van der Waals surface area contributed by atoms with Gasteiger partial charge >= 0.3 is 0 Å². The zero-order valence-corrected chi connectivity index (χ0v) is 10.3. The number of hydrogen-bond acceptors (Lipinski definition) is 2. The molecule has 0 bridgehead atoms. The molecule has 0 aromatic carbocycles. The fraction of sp³-hybridized carbons (Fsp3) is 0.273. The summed E-state index contributed by atoms with van der Waals surface area (Å²) < 4.78 is 0.780. The van der Waals surface area contributed by atoms with E-state index < -0.39 is 0 Å². The number of amides is 1. The molecule has 0 saturated carbocycles. The van der Waals surface area contributed by atoms with Gasteiger partial charge in [-0.3, -0.25) is 9.78 Å². The number of carbonyl (C=O) groups is 1. The zero-order valence-electron chi connectivity index (χ0n) is 8.75. The minimum absolute atomic E-state index is 0.0799. The molecule has 0 fully saturated rings. The standard InChI is InChI=1S/C11H13BrN2O/c1-3-4-8(2)11(15)14-10-5-6-13-7-9(10)12/h4-7H,3H2,1-2H3,(H,13,14,15)/b8-4-. The monoisotopic (exact) mass is 268 g/mol. The Morgan fingerprint density at radius 3 is 3.00 bits per heavy atom. The number of allylic oxidation sites excluding steroid dienone is 1. The van der Waals surface area contributed by atoms with Crippen molar-refractivity contribution in [1.82, 2.24) is 4.98 Å². The number of nitrogens with one attached hydrogen (secondary N) is 1. The maximum Gasteiger partial charge on any atom is 0.251 e. The molecule has 1 heterocycles. The predicted molar refractivity (Wildman–Crippen MR) is 64.6 cm³/mol. The second kappa shape index (κ2) is 5.66. The number of aromatic nitrogens is 1. The van der Waals surface area contributed by atoms with Gasteiger partial charge in [-0.15, -0.1) is 0 Å². The highest BCUT2D eigenvalue weighted by Crippen LogP contribution is 2.20. The summed E-state index contributed by atoms with van der Waals surface area (Å²) in [6.07, 6.45) is 6.04. The van der Waals surface area contributed by atoms with Gasteiger partial charge in [0.2, 0.25) is 0 Å². The minimum atomic E-state index is -0.0799. The highest BCUT2D eigenvalue weighted by molar-refractivity contribution is 9.10. The minimum Gasteiger partial charge on any atom is -0.321 e. The third-order valence-electron chi connectivity index (χ3n) is 1.89. The van der Waals surface area contributed by atoms with Crippen LogP contribution in [-0.4, -0.2) is 10.9 Å². The average molecular weight is 269 g/mol. The first-order valence-electron chi connectivity index (χ1n) is 4.72. The van der Waals surface area contributed by atoms with Crippen LogP contribution in [0.3, 0.4) is 0 Å². The molecule has 1 rings (SSSR count). The molecule has 15 heavy (non-hydrogen) atoms. The zero-order chi connectivity index (χ0) is 11.3. The average Bonchev–Trinajstić information content (AvgIpc) is 2.21. The van der Waals surface area contributed by atoms with E-state index in [1.807, 2.05) is 13.0 Å². The Hall–Kier alpha value is -1.16. The molecule has 0 spiro atoms. The summed E-state index contributed by atoms with van der Waals surface area (Å²) in [5, 5.41) is 2.80. The van der Waals surface area contributed by atoms with Gasteiger partial charge in [0, 0.05) is 18.0 Å². The highest BCUT2D eigenvalue weighted by Gasteiger charge is 2.06. The van der Waals surface area contributed by atoms with Crippen LogP contribution in [0.1, 0.15) is 20.3 Å². The van der Waals surface area contributed by atoms with Crippen LogP contribution in [0.25, 0.3) is 0 Å². The van der Waals surface area contributed by atoms with Gasteiger partial charge in [-0.1, -0.05) is 13.0 Å². The fourth-order valence-electron chi connectivity index (χ4n) is 1.10. The molecule has 0 saturated heterocycles. The molecular weight excluding hydrogens is 256 g/mol. The van der Waals surface area contributed by atoms with Crippen molar-refractivity contribution in [2.75, 3.05) is 5.32 Å². The molecule has 1 amide bonds. The van der Waals surface area contributed by atoms with Crippen LogP contribution in [0.2, 0.25) is 0 Å². The van der Waals surface area contributed by atoms with Crippen molar-refractivity contribution >= 4 is 27.5 Å². The normalized spacial score (nSPS) is 11.3. The predicted octanol–water partition coefficient (Wildman–Crippen LogP) is 3.14. The molecule has 4 heteroatoms. The first kappa shape index (κ1) is 11.9. The van der Waals surface area contributed by atoms with Gasteiger partial charge in [0.15, 0.2) is 0 Å². The van der Waals surface area contributed by atoms with E-state index in [2.05, 4.69) is 26.2 Å². The summed E-state index contributed by atoms with van der Waals surface area (Å²) in [5.74, 6) is -0.0799. The van der Waals surface area contributed by atoms with Gasteiger partial charge in [0.05, 0.1) is 10.2 Å². The summed E-state index contributed by atoms with van der Waals surface area (Å²) in [6.45, 7) is 3.80. The van der Waals surface area contributed by atoms with E-state index in [0.29, 0.717) is 0 Å². The number of rotatable bonds is 3. The van der Waals surface area contributed by atoms with E-state index in [0.717, 1.165) is 22.2 Å². The van der Waals surface area contributed by atoms with Crippen molar-refractivity contribution in [2.45, 2.75) is 20.3 Å². The van der Waals surface area contributed by atoms with Crippen molar-refractivity contribution < 1.29 is 4.79 Å². The molecule has 0 aliphatic heterocycles. The van der Waals surface area contributed by atoms with E-state index in [1.165, 1.54) is 0 Å². The summed E-state index contributed by atoms with van der Waals surface area (Å²) in [6, 6.07) is 1.75. The van der Waals surface area contributed by atoms with E-state index >= 15 is 0 Å². The van der Waals surface area contributed by atoms with Crippen LogP contribution in [0.4, 0.5) is 5.69 Å². The lowest BCUT2D eigenvalue weighted by Gasteiger charge is -2.06. The second-order valence-electron chi connectivity index (χ2n) is 3.11. The molecule has 3 nitrogen and oxygen atoms in total. The molecule has 1 aromatic heterocycles. The quantitative estimate of drug-likeness (QED) is 0.856. The Labute approximate surface area is 97.7 Å². The Kier molecular flexibility index (Phi) is 4.49. The SMILES string of the molecule is CC/C=C(/C)C(=O)Nc1ccncc1Br. The molecule has 80 valence electrons. The van der Waals surface area contributed by atoms with Crippen molar-refractivity contribution in [2.24, 2.45) is 0 Å². The fourth-order valence-corrected chi connectivity index (χ4v) is 1.45. The number of hydrogen-bond donors (Lipinski definition) is 1. The lowest BCUT2D eigenvalue weighted by atomic mass is 10.2. The van der Waals surface area contributed by atoms with Crippen LogP contribution < -0.4 is 5.32 Å². The van der Waals surface area contributed by atoms with Gasteiger partial charge in [-0.2, -0.15) is 0 Å². The number of anilines is 1. The molecule has 1 aromatic rings. The van der Waals surface area contributed by atoms with Gasteiger partial charge in [-0.05, 0) is 35.3 Å². The first-order chi connectivity index (χ1) is 7.15. The summed E-state index contributed by atoms with van der Waals surface area (Å²) in [7, 11) is 0. The second-order valence-corrected chi connectivity index (χ2v) is 3.96. The Morgan fingerprint density at radius 1 is 1.67 bits per heavy atom. The van der Waals surface area contributed by atoms with E-state index in [1.54, 1.807) is 25.4 Å². The summed E-state index contributed by atoms with van der Waals surface area (Å²) in [5.41, 5.74) is 1.46. The van der Waals surface area contributed by atoms with E-state index in [4.69, 9.17) is 0 Å². The largest absolute Gasteiger partial charge is 0.321 e. The lowest BCUT2D eigenvalue weighted by molar-refractivity contribution is -0.112. The molecule has 0 aliphatic carbocycles. The van der Waals surface area contributed by atoms with Gasteiger partial charge in [0.1, 0.15) is 0 Å². The number of nitrogens with zero attached hydrogens (tertiary/aromatic N) is 1. The Morgan fingerprint density at radius 2 is 2.40 bits per heavy atom. The molecule has 0 radical (unpaired) electrons. The maximum absolute atomic E-state index is 11.6. The summed E-state index contributed by atoms with van der Waals surface area (Å²) in [4.78, 5) is 15.6. The Balaban J connectivity index is 2.75. The van der Waals surface area contributed by atoms with Gasteiger partial charge in [0.25, 0.3) is 5.91 Å². The number of halogens is 1. The van der Waals surface area contributed by atoms with Gasteiger partial charge in [-0.25, -0.2) is 0 Å². The number of carbonyl (C=O) groups excluding carboxylic acids is 1. The molecule has 0 aliphatic rings. The summed E-state index contributed by atoms with van der Waals surface area (Å²) >= 11 is 3.32. The molecule has 0 unspecified atom stereocenters. The number of pyridine rings is 1. The third kappa shape index (κ3) is 3.47. The first-order valence-corrected chi connectivity index (χ1v) is 5.52. The van der Waals surface area contributed by atoms with E-state index in [-0.39, 0.29) is 5.91 Å². The van der Waals surface area contributed by atoms with Crippen LogP contribution in [0.5, 0.6) is 0 Å². The van der Waals surface area contributed by atoms with Crippen molar-refractivity contribution in [3.05, 3.63) is 34.6 Å². The van der Waals surface area contributed by atoms with Crippen molar-refractivity contribution in [1.29, 1.82) is 0 Å². The molecule has 0 atom stereocenters. The van der Waals surface area contributed by atoms with Crippen LogP contribution in [-0.2, 0) is 4.79 Å². The van der Waals surface area contributed by atoms with Crippen LogP contribution in [0.15, 0.2) is 34.6 Å². The molecular formula is C11H13BrN2O. The molecule has 1 N–H and O–H groups in total. The highest BCUT2D eigenvalue weighted by atomic mass is 79.9. The van der Waals surface area contributed by atoms with Crippen LogP contribution >= 0.6 is 15.9 Å². The lowest BCUT2D eigenvalue weighted by Crippen LogP contribution is -2.13. The third-order valence-corrected chi connectivity index (χ3v) is 2.52. The topological polar surface area (TPSA) is 42.0 Å². The maximum atomic E-state index is 11.6. The van der Waals surface area contributed by atoms with Crippen LogP contribution in [0, 0.1) is 0 Å². The smallest absolute Gasteiger partial charge is 0.251 e. The van der Waals surface area contributed by atoms with Crippen molar-refractivity contribution in [3.8, 4) is 0 Å². The van der Waals surface area contributed by atoms with Gasteiger partial charge < -0.3 is 5.32 Å². The van der Waals surface area contributed by atoms with Crippen molar-refractivity contribution in [3.63, 3.8) is 0 Å². The van der Waals surface area contributed by atoms with E-state index in [9.17, 15) is 4.79 Å². The Bertz CT molecular complexity index is 388.